The molecule has 0 radical (unpaired) electrons. The molecule has 0 saturated carbocycles. The number of phosphoric acid groups is 1. The second-order valence-electron chi connectivity index (χ2n) is 7.46. The third-order valence-electron chi connectivity index (χ3n) is 5.13. The second-order valence-corrected chi connectivity index (χ2v) is 9.91. The molecule has 0 aliphatic carbocycles. The van der Waals surface area contributed by atoms with Gasteiger partial charge in [0.25, 0.3) is 7.82 Å². The summed E-state index contributed by atoms with van der Waals surface area (Å²) in [4.78, 5) is 28.2. The van der Waals surface area contributed by atoms with E-state index in [2.05, 4.69) is 27.7 Å². The van der Waals surface area contributed by atoms with Crippen LogP contribution in [0.1, 0.15) is 10.4 Å². The Morgan fingerprint density at radius 3 is 2.76 bits per heavy atom. The molecule has 1 fully saturated rings. The topological polar surface area (TPSA) is 132 Å². The predicted octanol–water partition coefficient (Wildman–Crippen LogP) is 2.55. The molecule has 158 valence electrons. The first-order valence-electron chi connectivity index (χ1n) is 9.05. The van der Waals surface area contributed by atoms with Gasteiger partial charge in [-0.25, -0.2) is 4.99 Å². The summed E-state index contributed by atoms with van der Waals surface area (Å²) in [6.45, 7) is 4.82. The summed E-state index contributed by atoms with van der Waals surface area (Å²) in [5, 5.41) is 4.59. The highest BCUT2D eigenvalue weighted by molar-refractivity contribution is 7.44. The highest BCUT2D eigenvalue weighted by atomic mass is 32.1. The van der Waals surface area contributed by atoms with E-state index in [0.717, 1.165) is 27.8 Å². The van der Waals surface area contributed by atoms with Crippen LogP contribution in [0.25, 0.3) is 0 Å². The first-order chi connectivity index (χ1) is 13.2. The standard InChI is InChI=1S/C18H23N4O4PS.H3N/c1-13-11-14-17(19-15-5-3-4-6-16(15)20-18(14)28-13)21-7-9-22(2,10-8-21)12-26-27(23,24)25;/h3-6,11,20H,7-10,12H2,1-2H3,(H-,23,24,25);1H3. The Morgan fingerprint density at radius 2 is 2.07 bits per heavy atom. The number of nitrogens with one attached hydrogen (secondary N) is 1. The lowest BCUT2D eigenvalue weighted by atomic mass is 10.2. The van der Waals surface area contributed by atoms with E-state index in [1.54, 1.807) is 11.3 Å². The van der Waals surface area contributed by atoms with E-state index in [-0.39, 0.29) is 12.9 Å². The Hall–Kier alpha value is -1.78. The monoisotopic (exact) mass is 439 g/mol. The molecule has 9 nitrogen and oxygen atoms in total. The van der Waals surface area contributed by atoms with Gasteiger partial charge in [-0.1, -0.05) is 12.1 Å². The van der Waals surface area contributed by atoms with Gasteiger partial charge in [-0.3, -0.25) is 9.09 Å². The van der Waals surface area contributed by atoms with Gasteiger partial charge in [0.05, 0.1) is 50.2 Å². The van der Waals surface area contributed by atoms with Gasteiger partial charge in [0.2, 0.25) is 0 Å². The maximum atomic E-state index is 10.9. The Morgan fingerprint density at radius 1 is 1.38 bits per heavy atom. The van der Waals surface area contributed by atoms with Crippen molar-refractivity contribution in [3.05, 3.63) is 40.8 Å². The summed E-state index contributed by atoms with van der Waals surface area (Å²) in [6.07, 6.45) is 0. The number of rotatable bonds is 3. The molecular formula is C18H26N5O4PS. The van der Waals surface area contributed by atoms with Gasteiger partial charge in [0.15, 0.2) is 6.73 Å². The van der Waals surface area contributed by atoms with Crippen molar-refractivity contribution in [2.24, 2.45) is 4.99 Å². The molecule has 2 aliphatic rings. The molecule has 1 saturated heterocycles. The summed E-state index contributed by atoms with van der Waals surface area (Å²) in [7, 11) is -2.78. The number of phosphoric ester groups is 1. The van der Waals surface area contributed by atoms with Crippen LogP contribution in [0.5, 0.6) is 0 Å². The van der Waals surface area contributed by atoms with E-state index < -0.39 is 7.82 Å². The summed E-state index contributed by atoms with van der Waals surface area (Å²) in [5.41, 5.74) is 2.98. The van der Waals surface area contributed by atoms with E-state index >= 15 is 0 Å². The van der Waals surface area contributed by atoms with Gasteiger partial charge >= 0.3 is 0 Å². The van der Waals surface area contributed by atoms with E-state index in [1.165, 1.54) is 4.88 Å². The Kier molecular flexibility index (Phi) is 6.16. The van der Waals surface area contributed by atoms with Crippen LogP contribution in [0.15, 0.2) is 35.3 Å². The zero-order valence-corrected chi connectivity index (χ0v) is 18.2. The van der Waals surface area contributed by atoms with Crippen LogP contribution >= 0.6 is 19.2 Å². The van der Waals surface area contributed by atoms with Crippen LogP contribution in [0.3, 0.4) is 0 Å². The van der Waals surface area contributed by atoms with E-state index in [1.807, 2.05) is 31.3 Å². The van der Waals surface area contributed by atoms with Gasteiger partial charge < -0.3 is 30.6 Å². The van der Waals surface area contributed by atoms with E-state index in [4.69, 9.17) is 9.89 Å². The number of aryl methyl sites for hydroxylation is 1. The minimum atomic E-state index is -4.71. The normalized spacial score (nSPS) is 19.6. The molecule has 2 aliphatic heterocycles. The largest absolute Gasteiger partial charge is 0.756 e. The summed E-state index contributed by atoms with van der Waals surface area (Å²) < 4.78 is 16.0. The summed E-state index contributed by atoms with van der Waals surface area (Å²) >= 11 is 1.71. The fourth-order valence-corrected chi connectivity index (χ4v) is 4.83. The molecule has 0 spiro atoms. The van der Waals surface area contributed by atoms with Crippen molar-refractivity contribution < 1.29 is 23.4 Å². The maximum Gasteiger partial charge on any atom is 0.269 e. The molecule has 1 aromatic carbocycles. The smallest absolute Gasteiger partial charge is 0.269 e. The minimum Gasteiger partial charge on any atom is -0.756 e. The number of benzene rings is 1. The number of nitrogens with zero attached hydrogens (tertiary/aromatic N) is 3. The van der Waals surface area contributed by atoms with Crippen molar-refractivity contribution in [3.8, 4) is 0 Å². The molecule has 5 N–H and O–H groups in total. The third-order valence-corrected chi connectivity index (χ3v) is 6.53. The zero-order valence-electron chi connectivity index (χ0n) is 16.5. The van der Waals surface area contributed by atoms with Crippen molar-refractivity contribution in [2.75, 3.05) is 45.3 Å². The number of quaternary nitrogens is 1. The first-order valence-corrected chi connectivity index (χ1v) is 11.4. The average Bonchev–Trinajstić information content (AvgIpc) is 2.92. The number of hydrogen-bond acceptors (Lipinski definition) is 8. The first kappa shape index (κ1) is 21.9. The number of anilines is 2. The van der Waals surface area contributed by atoms with Gasteiger partial charge in [0.1, 0.15) is 10.8 Å². The summed E-state index contributed by atoms with van der Waals surface area (Å²) in [6, 6.07) is 10.1. The van der Waals surface area contributed by atoms with Crippen molar-refractivity contribution in [2.45, 2.75) is 6.92 Å². The molecule has 3 heterocycles. The van der Waals surface area contributed by atoms with Crippen LogP contribution in [-0.2, 0) is 9.09 Å². The fourth-order valence-electron chi connectivity index (χ4n) is 3.49. The highest BCUT2D eigenvalue weighted by Gasteiger charge is 2.33. The lowest BCUT2D eigenvalue weighted by molar-refractivity contribution is -0.928. The van der Waals surface area contributed by atoms with Crippen molar-refractivity contribution in [1.82, 2.24) is 11.1 Å². The summed E-state index contributed by atoms with van der Waals surface area (Å²) in [5.74, 6) is 0.931. The van der Waals surface area contributed by atoms with Crippen molar-refractivity contribution in [3.63, 3.8) is 0 Å². The zero-order chi connectivity index (χ0) is 19.9. The van der Waals surface area contributed by atoms with Crippen LogP contribution in [-0.4, -0.2) is 60.1 Å². The Labute approximate surface area is 174 Å². The number of thiophene rings is 1. The molecule has 0 bridgehead atoms. The maximum absolute atomic E-state index is 10.9. The van der Waals surface area contributed by atoms with Gasteiger partial charge in [-0.2, -0.15) is 0 Å². The van der Waals surface area contributed by atoms with E-state index in [0.29, 0.717) is 30.7 Å². The van der Waals surface area contributed by atoms with Crippen LogP contribution in [0.2, 0.25) is 0 Å². The van der Waals surface area contributed by atoms with Crippen LogP contribution in [0.4, 0.5) is 16.4 Å². The Balaban J connectivity index is 0.00000240. The second kappa shape index (κ2) is 8.16. The number of likely N-dealkylation sites (N-methyl/N-ethyl adjacent to an activating group) is 1. The van der Waals surface area contributed by atoms with Crippen LogP contribution < -0.4 is 16.4 Å². The average molecular weight is 439 g/mol. The van der Waals surface area contributed by atoms with Crippen molar-refractivity contribution in [1.29, 1.82) is 0 Å². The fraction of sp³-hybridized carbons (Fsp3) is 0.389. The van der Waals surface area contributed by atoms with Gasteiger partial charge in [-0.05, 0) is 25.1 Å². The number of piperazine rings is 1. The Bertz CT molecular complexity index is 965. The lowest BCUT2D eigenvalue weighted by Crippen LogP contribution is -2.59. The molecule has 29 heavy (non-hydrogen) atoms. The number of para-hydroxylation sites is 2. The van der Waals surface area contributed by atoms with Gasteiger partial charge in [-0.15, -0.1) is 11.3 Å². The molecule has 11 heteroatoms. The van der Waals surface area contributed by atoms with E-state index in [9.17, 15) is 9.46 Å². The van der Waals surface area contributed by atoms with Gasteiger partial charge in [0, 0.05) is 4.88 Å². The minimum absolute atomic E-state index is 0. The molecule has 1 aromatic heterocycles. The third kappa shape index (κ3) is 4.87. The quantitative estimate of drug-likeness (QED) is 0.494. The molecule has 4 rings (SSSR count). The predicted molar refractivity (Wildman–Crippen MR) is 113 cm³/mol. The molecular weight excluding hydrogens is 413 g/mol. The molecule has 0 amide bonds. The highest BCUT2D eigenvalue weighted by Crippen LogP contribution is 2.39. The molecule has 1 unspecified atom stereocenters. The number of fused-ring (bicyclic) bond motifs is 2. The number of amidine groups is 1. The number of aliphatic imine (C=N–C) groups is 1. The number of hydrogen-bond donors (Lipinski definition) is 3. The lowest BCUT2D eigenvalue weighted by Gasteiger charge is -2.42. The molecule has 2 aromatic rings. The SMILES string of the molecule is Cc1cc2c(s1)Nc1ccccc1N=C2N1CC[N+](C)(COP(=O)([O-])O)CC1.N. The van der Waals surface area contributed by atoms with Crippen LogP contribution in [0, 0.1) is 6.92 Å². The molecule has 1 atom stereocenters. The van der Waals surface area contributed by atoms with Crippen molar-refractivity contribution >= 4 is 41.4 Å².